The van der Waals surface area contributed by atoms with Gasteiger partial charge in [0.15, 0.2) is 11.6 Å². The molecular formula is C23H24F2N4O. The van der Waals surface area contributed by atoms with Gasteiger partial charge >= 0.3 is 6.03 Å². The average Bonchev–Trinajstić information content (AvgIpc) is 3.15. The number of aromatic amines is 1. The molecule has 0 aliphatic carbocycles. The van der Waals surface area contributed by atoms with Crippen LogP contribution in [0, 0.1) is 11.6 Å². The molecule has 2 aliphatic rings. The van der Waals surface area contributed by atoms with E-state index in [4.69, 9.17) is 0 Å². The third kappa shape index (κ3) is 3.49. The average molecular weight is 410 g/mol. The van der Waals surface area contributed by atoms with Gasteiger partial charge in [0.05, 0.1) is 11.2 Å². The molecule has 2 aromatic carbocycles. The molecule has 3 aromatic rings. The van der Waals surface area contributed by atoms with E-state index in [0.29, 0.717) is 29.7 Å². The maximum absolute atomic E-state index is 13.6. The van der Waals surface area contributed by atoms with E-state index in [9.17, 15) is 13.6 Å². The van der Waals surface area contributed by atoms with E-state index in [-0.39, 0.29) is 6.03 Å². The smallest absolute Gasteiger partial charge is 0.322 e. The number of benzene rings is 2. The van der Waals surface area contributed by atoms with Crippen LogP contribution in [0.25, 0.3) is 10.9 Å². The van der Waals surface area contributed by atoms with Gasteiger partial charge in [0, 0.05) is 49.5 Å². The molecule has 156 valence electrons. The zero-order valence-corrected chi connectivity index (χ0v) is 16.7. The van der Waals surface area contributed by atoms with Crippen molar-refractivity contribution in [1.82, 2.24) is 9.88 Å². The van der Waals surface area contributed by atoms with Crippen LogP contribution in [0.5, 0.6) is 0 Å². The zero-order chi connectivity index (χ0) is 20.7. The highest BCUT2D eigenvalue weighted by atomic mass is 19.2. The van der Waals surface area contributed by atoms with Crippen LogP contribution < -0.4 is 10.2 Å². The lowest BCUT2D eigenvalue weighted by Crippen LogP contribution is -2.39. The summed E-state index contributed by atoms with van der Waals surface area (Å²) in [5, 5.41) is 3.28. The summed E-state index contributed by atoms with van der Waals surface area (Å²) in [6.45, 7) is 3.38. The molecule has 2 amide bonds. The Bertz CT molecular complexity index is 1100. The number of anilines is 2. The summed E-state index contributed by atoms with van der Waals surface area (Å²) in [6, 6.07) is 8.51. The van der Waals surface area contributed by atoms with E-state index >= 15 is 0 Å². The molecule has 1 saturated heterocycles. The summed E-state index contributed by atoms with van der Waals surface area (Å²) in [5.41, 5.74) is 4.62. The van der Waals surface area contributed by atoms with Crippen LogP contribution in [0.3, 0.4) is 0 Å². The molecule has 1 fully saturated rings. The van der Waals surface area contributed by atoms with Crippen molar-refractivity contribution in [3.05, 3.63) is 59.3 Å². The van der Waals surface area contributed by atoms with Crippen molar-refractivity contribution in [2.24, 2.45) is 0 Å². The maximum atomic E-state index is 13.6. The highest BCUT2D eigenvalue weighted by Gasteiger charge is 2.23. The first kappa shape index (κ1) is 18.9. The molecule has 2 aliphatic heterocycles. The van der Waals surface area contributed by atoms with Crippen LogP contribution in [0.15, 0.2) is 36.5 Å². The van der Waals surface area contributed by atoms with Crippen LogP contribution in [0.4, 0.5) is 25.0 Å². The molecule has 1 aromatic heterocycles. The molecular weight excluding hydrogens is 386 g/mol. The number of piperidine rings is 1. The van der Waals surface area contributed by atoms with E-state index in [1.165, 1.54) is 30.5 Å². The molecule has 0 unspecified atom stereocenters. The topological polar surface area (TPSA) is 51.4 Å². The number of carbonyl (C=O) groups excluding carboxylic acids is 1. The Morgan fingerprint density at radius 2 is 1.77 bits per heavy atom. The Kier molecular flexibility index (Phi) is 4.81. The van der Waals surface area contributed by atoms with Gasteiger partial charge in [-0.05, 0) is 55.0 Å². The summed E-state index contributed by atoms with van der Waals surface area (Å²) in [6.07, 6.45) is 6.16. The molecule has 0 saturated carbocycles. The molecule has 0 bridgehead atoms. The standard InChI is InChI=1S/C23H24F2N4O/c24-19-11-18-21(12-20(19)25)26-13-22(18)27-23(30)29-9-6-15-10-17(5-4-16(15)14-29)28-7-2-1-3-8-28/h4-5,10-13,26H,1-3,6-9,14H2,(H,27,30). The number of fused-ring (bicyclic) bond motifs is 2. The molecule has 0 radical (unpaired) electrons. The number of nitrogens with zero attached hydrogens (tertiary/aromatic N) is 2. The van der Waals surface area contributed by atoms with Crippen molar-refractivity contribution >= 4 is 28.3 Å². The van der Waals surface area contributed by atoms with Crippen molar-refractivity contribution in [2.45, 2.75) is 32.2 Å². The van der Waals surface area contributed by atoms with Gasteiger partial charge < -0.3 is 20.1 Å². The SMILES string of the molecule is O=C(Nc1c[nH]c2cc(F)c(F)cc12)N1CCc2cc(N3CCCCC3)ccc2C1. The predicted octanol–water partition coefficient (Wildman–Crippen LogP) is 5.03. The Morgan fingerprint density at radius 1 is 0.967 bits per heavy atom. The van der Waals surface area contributed by atoms with Gasteiger partial charge in [-0.15, -0.1) is 0 Å². The minimum atomic E-state index is -0.936. The van der Waals surface area contributed by atoms with Gasteiger partial charge in [0.1, 0.15) is 0 Å². The number of carbonyl (C=O) groups is 1. The Hall–Kier alpha value is -3.09. The molecule has 0 spiro atoms. The largest absolute Gasteiger partial charge is 0.372 e. The van der Waals surface area contributed by atoms with E-state index in [1.54, 1.807) is 11.1 Å². The van der Waals surface area contributed by atoms with Gasteiger partial charge in [0.2, 0.25) is 0 Å². The number of hydrogen-bond donors (Lipinski definition) is 2. The van der Waals surface area contributed by atoms with Crippen molar-refractivity contribution in [3.8, 4) is 0 Å². The van der Waals surface area contributed by atoms with Crippen molar-refractivity contribution in [2.75, 3.05) is 29.9 Å². The van der Waals surface area contributed by atoms with Gasteiger partial charge in [-0.3, -0.25) is 0 Å². The van der Waals surface area contributed by atoms with Crippen LogP contribution in [0.1, 0.15) is 30.4 Å². The summed E-state index contributed by atoms with van der Waals surface area (Å²) in [4.78, 5) is 19.9. The first-order valence-corrected chi connectivity index (χ1v) is 10.5. The summed E-state index contributed by atoms with van der Waals surface area (Å²) >= 11 is 0. The monoisotopic (exact) mass is 410 g/mol. The fraction of sp³-hybridized carbons (Fsp3) is 0.348. The number of rotatable bonds is 2. The highest BCUT2D eigenvalue weighted by molar-refractivity contribution is 6.01. The summed E-state index contributed by atoms with van der Waals surface area (Å²) < 4.78 is 27.0. The molecule has 2 N–H and O–H groups in total. The lowest BCUT2D eigenvalue weighted by Gasteiger charge is -2.32. The molecule has 0 atom stereocenters. The zero-order valence-electron chi connectivity index (χ0n) is 16.7. The normalized spacial score (nSPS) is 16.6. The highest BCUT2D eigenvalue weighted by Crippen LogP contribution is 2.29. The quantitative estimate of drug-likeness (QED) is 0.623. The molecule has 7 heteroatoms. The Balaban J connectivity index is 1.30. The van der Waals surface area contributed by atoms with E-state index in [1.807, 2.05) is 0 Å². The Labute approximate surface area is 173 Å². The number of H-pyrrole nitrogens is 1. The second-order valence-electron chi connectivity index (χ2n) is 8.12. The second kappa shape index (κ2) is 7.63. The molecule has 30 heavy (non-hydrogen) atoms. The number of nitrogens with one attached hydrogen (secondary N) is 2. The van der Waals surface area contributed by atoms with Crippen molar-refractivity contribution in [1.29, 1.82) is 0 Å². The maximum Gasteiger partial charge on any atom is 0.322 e. The van der Waals surface area contributed by atoms with E-state index in [0.717, 1.165) is 37.2 Å². The number of amides is 2. The van der Waals surface area contributed by atoms with Gasteiger partial charge in [0.25, 0.3) is 0 Å². The van der Waals surface area contributed by atoms with Gasteiger partial charge in [-0.25, -0.2) is 13.6 Å². The predicted molar refractivity (Wildman–Crippen MR) is 114 cm³/mol. The lowest BCUT2D eigenvalue weighted by atomic mass is 9.98. The molecule has 5 nitrogen and oxygen atoms in total. The number of halogens is 2. The number of hydrogen-bond acceptors (Lipinski definition) is 2. The van der Waals surface area contributed by atoms with Crippen LogP contribution in [-0.4, -0.2) is 35.5 Å². The van der Waals surface area contributed by atoms with E-state index in [2.05, 4.69) is 33.4 Å². The minimum absolute atomic E-state index is 0.244. The first-order valence-electron chi connectivity index (χ1n) is 10.5. The van der Waals surface area contributed by atoms with Gasteiger partial charge in [-0.1, -0.05) is 6.07 Å². The van der Waals surface area contributed by atoms with Crippen LogP contribution in [0.2, 0.25) is 0 Å². The molecule has 3 heterocycles. The fourth-order valence-corrected chi connectivity index (χ4v) is 4.48. The third-order valence-electron chi connectivity index (χ3n) is 6.17. The first-order chi connectivity index (χ1) is 14.6. The minimum Gasteiger partial charge on any atom is -0.372 e. The van der Waals surface area contributed by atoms with Gasteiger partial charge in [-0.2, -0.15) is 0 Å². The van der Waals surface area contributed by atoms with Crippen LogP contribution >= 0.6 is 0 Å². The number of urea groups is 1. The lowest BCUT2D eigenvalue weighted by molar-refractivity contribution is 0.206. The second-order valence-corrected chi connectivity index (χ2v) is 8.12. The molecule has 5 rings (SSSR count). The third-order valence-corrected chi connectivity index (χ3v) is 6.17. The Morgan fingerprint density at radius 3 is 2.60 bits per heavy atom. The summed E-state index contributed by atoms with van der Waals surface area (Å²) in [7, 11) is 0. The summed E-state index contributed by atoms with van der Waals surface area (Å²) in [5.74, 6) is -1.85. The van der Waals surface area contributed by atoms with Crippen molar-refractivity contribution in [3.63, 3.8) is 0 Å². The van der Waals surface area contributed by atoms with E-state index < -0.39 is 11.6 Å². The fourth-order valence-electron chi connectivity index (χ4n) is 4.48. The van der Waals surface area contributed by atoms with Crippen LogP contribution in [-0.2, 0) is 13.0 Å². The van der Waals surface area contributed by atoms with Crippen molar-refractivity contribution < 1.29 is 13.6 Å². The number of aromatic nitrogens is 1.